The third-order valence-corrected chi connectivity index (χ3v) is 0.710. The molecular weight excluding hydrogens is 122 g/mol. The lowest BCUT2D eigenvalue weighted by molar-refractivity contribution is -0.105. The van der Waals surface area contributed by atoms with Crippen LogP contribution in [0.5, 0.6) is 0 Å². The molecule has 0 atom stereocenters. The molecule has 0 spiro atoms. The predicted molar refractivity (Wildman–Crippen MR) is 28.7 cm³/mol. The standard InChI is InChI=1S/C4H5N3O2/c1-3-6-4(5-2-8)9-7-3/h2H,1H3,(H,5,6,7,8). The molecular formula is C4H5N3O2. The van der Waals surface area contributed by atoms with Crippen LogP contribution in [0.3, 0.4) is 0 Å². The SMILES string of the molecule is Cc1noc(NC=O)n1. The Morgan fingerprint density at radius 2 is 2.56 bits per heavy atom. The molecule has 5 heteroatoms. The number of aromatic nitrogens is 2. The van der Waals surface area contributed by atoms with E-state index in [4.69, 9.17) is 0 Å². The number of carbonyl (C=O) groups is 1. The van der Waals surface area contributed by atoms with Crippen LogP contribution >= 0.6 is 0 Å². The molecule has 0 saturated heterocycles. The summed E-state index contributed by atoms with van der Waals surface area (Å²) in [5, 5.41) is 5.64. The van der Waals surface area contributed by atoms with Gasteiger partial charge in [0.1, 0.15) is 0 Å². The Morgan fingerprint density at radius 1 is 1.78 bits per heavy atom. The van der Waals surface area contributed by atoms with Crippen LogP contribution in [0, 0.1) is 6.92 Å². The maximum absolute atomic E-state index is 9.74. The van der Waals surface area contributed by atoms with Crippen molar-refractivity contribution < 1.29 is 9.32 Å². The largest absolute Gasteiger partial charge is 0.327 e. The molecule has 1 aromatic heterocycles. The zero-order chi connectivity index (χ0) is 6.69. The van der Waals surface area contributed by atoms with Crippen molar-refractivity contribution >= 4 is 12.4 Å². The van der Waals surface area contributed by atoms with E-state index in [0.717, 1.165) is 0 Å². The van der Waals surface area contributed by atoms with Crippen LogP contribution in [-0.4, -0.2) is 16.6 Å². The van der Waals surface area contributed by atoms with E-state index < -0.39 is 0 Å². The molecule has 1 aromatic rings. The second kappa shape index (κ2) is 2.25. The highest BCUT2D eigenvalue weighted by atomic mass is 16.5. The number of hydrogen-bond acceptors (Lipinski definition) is 4. The van der Waals surface area contributed by atoms with Gasteiger partial charge in [0, 0.05) is 0 Å². The second-order valence-corrected chi connectivity index (χ2v) is 1.41. The van der Waals surface area contributed by atoms with Gasteiger partial charge in [0.2, 0.25) is 6.41 Å². The molecule has 48 valence electrons. The molecule has 5 nitrogen and oxygen atoms in total. The molecule has 0 bridgehead atoms. The van der Waals surface area contributed by atoms with Crippen LogP contribution in [-0.2, 0) is 4.79 Å². The minimum atomic E-state index is 0.127. The Labute approximate surface area is 51.1 Å². The first-order valence-corrected chi connectivity index (χ1v) is 2.33. The van der Waals surface area contributed by atoms with Crippen LogP contribution < -0.4 is 5.32 Å². The number of nitrogens with zero attached hydrogens (tertiary/aromatic N) is 2. The van der Waals surface area contributed by atoms with E-state index >= 15 is 0 Å². The van der Waals surface area contributed by atoms with Gasteiger partial charge in [-0.25, -0.2) is 0 Å². The average Bonchev–Trinajstić information content (AvgIpc) is 2.17. The van der Waals surface area contributed by atoms with Crippen molar-refractivity contribution in [3.8, 4) is 0 Å². The van der Waals surface area contributed by atoms with E-state index in [2.05, 4.69) is 20.0 Å². The van der Waals surface area contributed by atoms with Gasteiger partial charge in [0.25, 0.3) is 0 Å². The molecule has 0 fully saturated rings. The van der Waals surface area contributed by atoms with Gasteiger partial charge in [0.05, 0.1) is 0 Å². The summed E-state index contributed by atoms with van der Waals surface area (Å²) in [6.07, 6.45) is 0.479. The highest BCUT2D eigenvalue weighted by molar-refractivity contribution is 5.65. The van der Waals surface area contributed by atoms with Crippen molar-refractivity contribution in [1.29, 1.82) is 0 Å². The smallest absolute Gasteiger partial charge is 0.315 e. The van der Waals surface area contributed by atoms with Crippen LogP contribution in [0.1, 0.15) is 5.82 Å². The van der Waals surface area contributed by atoms with Crippen molar-refractivity contribution in [1.82, 2.24) is 10.1 Å². The number of anilines is 1. The Morgan fingerprint density at radius 3 is 3.00 bits per heavy atom. The number of hydrogen-bond donors (Lipinski definition) is 1. The molecule has 0 aliphatic heterocycles. The van der Waals surface area contributed by atoms with Crippen molar-refractivity contribution in [2.75, 3.05) is 5.32 Å². The summed E-state index contributed by atoms with van der Waals surface area (Å²) < 4.78 is 4.50. The normalized spacial score (nSPS) is 9.00. The van der Waals surface area contributed by atoms with E-state index in [0.29, 0.717) is 12.2 Å². The minimum Gasteiger partial charge on any atom is -0.315 e. The molecule has 0 radical (unpaired) electrons. The van der Waals surface area contributed by atoms with Crippen LogP contribution in [0.15, 0.2) is 4.52 Å². The van der Waals surface area contributed by atoms with Gasteiger partial charge in [-0.1, -0.05) is 5.16 Å². The predicted octanol–water partition coefficient (Wildman–Crippen LogP) is -0.0537. The van der Waals surface area contributed by atoms with Gasteiger partial charge in [0.15, 0.2) is 5.82 Å². The van der Waals surface area contributed by atoms with E-state index in [-0.39, 0.29) is 6.01 Å². The zero-order valence-corrected chi connectivity index (χ0v) is 4.79. The molecule has 1 heterocycles. The van der Waals surface area contributed by atoms with Gasteiger partial charge in [-0.3, -0.25) is 10.1 Å². The van der Waals surface area contributed by atoms with E-state index in [1.54, 1.807) is 6.92 Å². The second-order valence-electron chi connectivity index (χ2n) is 1.41. The van der Waals surface area contributed by atoms with Crippen molar-refractivity contribution in [2.24, 2.45) is 0 Å². The topological polar surface area (TPSA) is 68.0 Å². The van der Waals surface area contributed by atoms with E-state index in [1.807, 2.05) is 0 Å². The number of nitrogens with one attached hydrogen (secondary N) is 1. The van der Waals surface area contributed by atoms with Gasteiger partial charge in [-0.15, -0.1) is 0 Å². The maximum atomic E-state index is 9.74. The van der Waals surface area contributed by atoms with Gasteiger partial charge >= 0.3 is 6.01 Å². The van der Waals surface area contributed by atoms with Crippen LogP contribution in [0.2, 0.25) is 0 Å². The number of carbonyl (C=O) groups excluding carboxylic acids is 1. The molecule has 0 aliphatic carbocycles. The average molecular weight is 127 g/mol. The Hall–Kier alpha value is -1.39. The highest BCUT2D eigenvalue weighted by Crippen LogP contribution is 1.98. The Balaban J connectivity index is 2.72. The fourth-order valence-electron chi connectivity index (χ4n) is 0.406. The molecule has 1 amide bonds. The first-order valence-electron chi connectivity index (χ1n) is 2.33. The van der Waals surface area contributed by atoms with E-state index in [1.165, 1.54) is 0 Å². The number of amides is 1. The quantitative estimate of drug-likeness (QED) is 0.565. The summed E-state index contributed by atoms with van der Waals surface area (Å²) in [5.41, 5.74) is 0. The fourth-order valence-corrected chi connectivity index (χ4v) is 0.406. The van der Waals surface area contributed by atoms with Crippen molar-refractivity contribution in [3.05, 3.63) is 5.82 Å². The van der Waals surface area contributed by atoms with Crippen molar-refractivity contribution in [2.45, 2.75) is 6.92 Å². The molecule has 0 saturated carbocycles. The van der Waals surface area contributed by atoms with Crippen LogP contribution in [0.25, 0.3) is 0 Å². The van der Waals surface area contributed by atoms with Crippen LogP contribution in [0.4, 0.5) is 6.01 Å². The molecule has 0 aliphatic rings. The molecule has 9 heavy (non-hydrogen) atoms. The number of rotatable bonds is 2. The first-order chi connectivity index (χ1) is 4.33. The number of aryl methyl sites for hydroxylation is 1. The minimum absolute atomic E-state index is 0.127. The summed E-state index contributed by atoms with van der Waals surface area (Å²) >= 11 is 0. The lowest BCUT2D eigenvalue weighted by Gasteiger charge is -1.80. The molecule has 1 rings (SSSR count). The summed E-state index contributed by atoms with van der Waals surface area (Å²) in [5.74, 6) is 0.499. The highest BCUT2D eigenvalue weighted by Gasteiger charge is 1.97. The van der Waals surface area contributed by atoms with Gasteiger partial charge in [-0.2, -0.15) is 4.98 Å². The summed E-state index contributed by atoms with van der Waals surface area (Å²) in [6, 6.07) is 0.127. The first kappa shape index (κ1) is 5.74. The summed E-state index contributed by atoms with van der Waals surface area (Å²) in [7, 11) is 0. The zero-order valence-electron chi connectivity index (χ0n) is 4.79. The molecule has 1 N–H and O–H groups in total. The van der Waals surface area contributed by atoms with Crippen molar-refractivity contribution in [3.63, 3.8) is 0 Å². The fraction of sp³-hybridized carbons (Fsp3) is 0.250. The Kier molecular flexibility index (Phi) is 1.44. The van der Waals surface area contributed by atoms with E-state index in [9.17, 15) is 4.79 Å². The third kappa shape index (κ3) is 1.25. The Bertz CT molecular complexity index is 207. The summed E-state index contributed by atoms with van der Waals surface area (Å²) in [4.78, 5) is 13.4. The lowest BCUT2D eigenvalue weighted by atomic mass is 10.7. The molecule has 0 unspecified atom stereocenters. The summed E-state index contributed by atoms with van der Waals surface area (Å²) in [6.45, 7) is 1.67. The maximum Gasteiger partial charge on any atom is 0.327 e. The lowest BCUT2D eigenvalue weighted by Crippen LogP contribution is -1.92. The van der Waals surface area contributed by atoms with Gasteiger partial charge in [-0.05, 0) is 6.92 Å². The monoisotopic (exact) mass is 127 g/mol. The third-order valence-electron chi connectivity index (χ3n) is 0.710. The molecule has 0 aromatic carbocycles. The van der Waals surface area contributed by atoms with Gasteiger partial charge < -0.3 is 4.52 Å².